The van der Waals surface area contributed by atoms with Crippen LogP contribution in [0.1, 0.15) is 18.9 Å². The quantitative estimate of drug-likeness (QED) is 0.632. The number of nitrogens with zero attached hydrogens (tertiary/aromatic N) is 3. The summed E-state index contributed by atoms with van der Waals surface area (Å²) < 4.78 is 0. The maximum Gasteiger partial charge on any atom is 0.269 e. The number of nitro groups is 1. The Bertz CT molecular complexity index is 789. The van der Waals surface area contributed by atoms with Crippen LogP contribution >= 0.6 is 0 Å². The first-order valence-electron chi connectivity index (χ1n) is 8.33. The molecule has 0 saturated carbocycles. The minimum Gasteiger partial charge on any atom is -0.359 e. The molecule has 0 aromatic heterocycles. The number of hydrogen-bond acceptors (Lipinski definition) is 4. The van der Waals surface area contributed by atoms with Gasteiger partial charge in [0, 0.05) is 36.6 Å². The number of nitro benzene ring substituents is 1. The van der Waals surface area contributed by atoms with E-state index in [9.17, 15) is 14.9 Å². The smallest absolute Gasteiger partial charge is 0.269 e. The molecule has 1 atom stereocenters. The average molecular weight is 339 g/mol. The number of amides is 1. The van der Waals surface area contributed by atoms with E-state index in [1.807, 2.05) is 12.1 Å². The number of hydrogen-bond donors (Lipinski definition) is 0. The van der Waals surface area contributed by atoms with Gasteiger partial charge in [0.2, 0.25) is 5.91 Å². The molecule has 1 aliphatic rings. The predicted molar refractivity (Wildman–Crippen MR) is 98.1 cm³/mol. The van der Waals surface area contributed by atoms with E-state index >= 15 is 0 Å². The number of carbonyl (C=O) groups is 1. The SMILES string of the molecule is C[C@@H]1CCc2ccccc2N1CC(=O)N(C)c1ccc([N+](=O)[O-])cc1. The zero-order valence-electron chi connectivity index (χ0n) is 14.4. The van der Waals surface area contributed by atoms with Crippen molar-refractivity contribution < 1.29 is 9.72 Å². The van der Waals surface area contributed by atoms with Crippen molar-refractivity contribution in [3.05, 3.63) is 64.2 Å². The van der Waals surface area contributed by atoms with E-state index in [-0.39, 0.29) is 18.1 Å². The summed E-state index contributed by atoms with van der Waals surface area (Å²) in [6, 6.07) is 14.5. The molecule has 6 nitrogen and oxygen atoms in total. The Morgan fingerprint density at radius 1 is 1.24 bits per heavy atom. The van der Waals surface area contributed by atoms with Crippen LogP contribution < -0.4 is 9.80 Å². The van der Waals surface area contributed by atoms with Crippen molar-refractivity contribution in [2.45, 2.75) is 25.8 Å². The molecule has 130 valence electrons. The van der Waals surface area contributed by atoms with Crippen molar-refractivity contribution in [3.8, 4) is 0 Å². The van der Waals surface area contributed by atoms with Gasteiger partial charge in [-0.15, -0.1) is 0 Å². The number of fused-ring (bicyclic) bond motifs is 1. The summed E-state index contributed by atoms with van der Waals surface area (Å²) >= 11 is 0. The predicted octanol–water partition coefficient (Wildman–Crippen LogP) is 3.40. The lowest BCUT2D eigenvalue weighted by Crippen LogP contribution is -2.45. The fraction of sp³-hybridized carbons (Fsp3) is 0.316. The molecule has 2 aromatic rings. The summed E-state index contributed by atoms with van der Waals surface area (Å²) in [6.07, 6.45) is 2.05. The number of anilines is 2. The number of rotatable bonds is 4. The van der Waals surface area contributed by atoms with Gasteiger partial charge in [0.25, 0.3) is 5.69 Å². The third-order valence-corrected chi connectivity index (χ3v) is 4.79. The van der Waals surface area contributed by atoms with Crippen molar-refractivity contribution in [2.24, 2.45) is 0 Å². The van der Waals surface area contributed by atoms with Crippen molar-refractivity contribution in [2.75, 3.05) is 23.4 Å². The van der Waals surface area contributed by atoms with Gasteiger partial charge in [0.05, 0.1) is 11.5 Å². The fourth-order valence-corrected chi connectivity index (χ4v) is 3.19. The lowest BCUT2D eigenvalue weighted by molar-refractivity contribution is -0.384. The molecule has 0 spiro atoms. The van der Waals surface area contributed by atoms with E-state index in [0.717, 1.165) is 18.5 Å². The first kappa shape index (κ1) is 17.0. The average Bonchev–Trinajstić information content (AvgIpc) is 2.63. The second-order valence-corrected chi connectivity index (χ2v) is 6.37. The summed E-state index contributed by atoms with van der Waals surface area (Å²) in [7, 11) is 1.70. The van der Waals surface area contributed by atoms with Gasteiger partial charge in [-0.2, -0.15) is 0 Å². The first-order chi connectivity index (χ1) is 12.0. The van der Waals surface area contributed by atoms with Crippen LogP contribution in [0.4, 0.5) is 17.1 Å². The van der Waals surface area contributed by atoms with Crippen LogP contribution in [-0.2, 0) is 11.2 Å². The fourth-order valence-electron chi connectivity index (χ4n) is 3.19. The number of non-ortho nitro benzene ring substituents is 1. The second kappa shape index (κ2) is 6.93. The highest BCUT2D eigenvalue weighted by Gasteiger charge is 2.26. The Morgan fingerprint density at radius 2 is 1.92 bits per heavy atom. The molecule has 0 bridgehead atoms. The Labute approximate surface area is 146 Å². The molecule has 1 heterocycles. The standard InChI is InChI=1S/C19H21N3O3/c1-14-7-8-15-5-3-4-6-18(15)21(14)13-19(23)20(2)16-9-11-17(12-10-16)22(24)25/h3-6,9-12,14H,7-8,13H2,1-2H3/t14-/m1/s1. The van der Waals surface area contributed by atoms with Crippen LogP contribution in [0.2, 0.25) is 0 Å². The maximum absolute atomic E-state index is 12.7. The van der Waals surface area contributed by atoms with Gasteiger partial charge < -0.3 is 9.80 Å². The normalized spacial score (nSPS) is 16.2. The number of aryl methyl sites for hydroxylation is 1. The van der Waals surface area contributed by atoms with Gasteiger partial charge in [0.15, 0.2) is 0 Å². The van der Waals surface area contributed by atoms with Gasteiger partial charge in [-0.05, 0) is 43.5 Å². The van der Waals surface area contributed by atoms with Crippen LogP contribution in [-0.4, -0.2) is 30.5 Å². The molecule has 2 aromatic carbocycles. The summed E-state index contributed by atoms with van der Waals surface area (Å²) in [5.74, 6) is -0.0441. The highest BCUT2D eigenvalue weighted by molar-refractivity contribution is 5.96. The van der Waals surface area contributed by atoms with E-state index < -0.39 is 4.92 Å². The van der Waals surface area contributed by atoms with Gasteiger partial charge in [0.1, 0.15) is 0 Å². The van der Waals surface area contributed by atoms with Crippen LogP contribution in [0.25, 0.3) is 0 Å². The topological polar surface area (TPSA) is 66.7 Å². The molecular weight excluding hydrogens is 318 g/mol. The summed E-state index contributed by atoms with van der Waals surface area (Å²) in [5, 5.41) is 10.7. The van der Waals surface area contributed by atoms with Crippen LogP contribution in [0.3, 0.4) is 0 Å². The van der Waals surface area contributed by atoms with E-state index in [1.165, 1.54) is 17.7 Å². The summed E-state index contributed by atoms with van der Waals surface area (Å²) in [4.78, 5) is 26.7. The zero-order valence-corrected chi connectivity index (χ0v) is 14.4. The second-order valence-electron chi connectivity index (χ2n) is 6.37. The van der Waals surface area contributed by atoms with Gasteiger partial charge in [-0.25, -0.2) is 0 Å². The molecule has 0 fully saturated rings. The molecule has 1 aliphatic heterocycles. The molecule has 0 radical (unpaired) electrons. The molecule has 25 heavy (non-hydrogen) atoms. The third kappa shape index (κ3) is 3.47. The monoisotopic (exact) mass is 339 g/mol. The van der Waals surface area contributed by atoms with Crippen LogP contribution in [0.5, 0.6) is 0 Å². The minimum atomic E-state index is -0.446. The highest BCUT2D eigenvalue weighted by Crippen LogP contribution is 2.30. The Balaban J connectivity index is 1.76. The number of para-hydroxylation sites is 1. The molecule has 6 heteroatoms. The zero-order chi connectivity index (χ0) is 18.0. The van der Waals surface area contributed by atoms with Crippen molar-refractivity contribution in [1.82, 2.24) is 0 Å². The van der Waals surface area contributed by atoms with Crippen molar-refractivity contribution in [1.29, 1.82) is 0 Å². The first-order valence-corrected chi connectivity index (χ1v) is 8.33. The summed E-state index contributed by atoms with van der Waals surface area (Å²) in [6.45, 7) is 2.42. The Morgan fingerprint density at radius 3 is 2.60 bits per heavy atom. The number of carbonyl (C=O) groups excluding carboxylic acids is 1. The molecule has 0 saturated heterocycles. The van der Waals surface area contributed by atoms with Crippen LogP contribution in [0, 0.1) is 10.1 Å². The van der Waals surface area contributed by atoms with E-state index in [2.05, 4.69) is 24.0 Å². The van der Waals surface area contributed by atoms with Gasteiger partial charge in [-0.3, -0.25) is 14.9 Å². The largest absolute Gasteiger partial charge is 0.359 e. The maximum atomic E-state index is 12.7. The molecular formula is C19H21N3O3. The molecule has 0 aliphatic carbocycles. The van der Waals surface area contributed by atoms with E-state index in [1.54, 1.807) is 24.1 Å². The van der Waals surface area contributed by atoms with E-state index in [0.29, 0.717) is 11.7 Å². The Hall–Kier alpha value is -2.89. The lowest BCUT2D eigenvalue weighted by atomic mass is 9.96. The van der Waals surface area contributed by atoms with E-state index in [4.69, 9.17) is 0 Å². The minimum absolute atomic E-state index is 0.0168. The third-order valence-electron chi connectivity index (χ3n) is 4.79. The summed E-state index contributed by atoms with van der Waals surface area (Å²) in [5.41, 5.74) is 3.05. The molecule has 1 amide bonds. The van der Waals surface area contributed by atoms with Gasteiger partial charge >= 0.3 is 0 Å². The number of likely N-dealkylation sites (N-methyl/N-ethyl adjacent to an activating group) is 1. The Kier molecular flexibility index (Phi) is 4.70. The van der Waals surface area contributed by atoms with Crippen molar-refractivity contribution in [3.63, 3.8) is 0 Å². The van der Waals surface area contributed by atoms with Crippen LogP contribution in [0.15, 0.2) is 48.5 Å². The molecule has 0 unspecified atom stereocenters. The lowest BCUT2D eigenvalue weighted by Gasteiger charge is -2.37. The molecule has 0 N–H and O–H groups in total. The van der Waals surface area contributed by atoms with Gasteiger partial charge in [-0.1, -0.05) is 18.2 Å². The number of benzene rings is 2. The highest BCUT2D eigenvalue weighted by atomic mass is 16.6. The van der Waals surface area contributed by atoms with Crippen molar-refractivity contribution >= 4 is 23.0 Å². The molecule has 3 rings (SSSR count).